The Morgan fingerprint density at radius 3 is 2.79 bits per heavy atom. The van der Waals surface area contributed by atoms with Crippen molar-refractivity contribution in [1.29, 1.82) is 0 Å². The highest BCUT2D eigenvalue weighted by Gasteiger charge is 2.34. The van der Waals surface area contributed by atoms with Gasteiger partial charge in [0.25, 0.3) is 0 Å². The van der Waals surface area contributed by atoms with Gasteiger partial charge in [-0.1, -0.05) is 19.1 Å². The largest absolute Gasteiger partial charge is 0.374 e. The summed E-state index contributed by atoms with van der Waals surface area (Å²) in [5.74, 6) is 0. The van der Waals surface area contributed by atoms with Crippen molar-refractivity contribution in [3.63, 3.8) is 0 Å². The molecule has 1 saturated heterocycles. The Hall–Kier alpha value is -0.340. The lowest BCUT2D eigenvalue weighted by atomic mass is 9.85. The minimum atomic E-state index is -0.115. The zero-order valence-electron chi connectivity index (χ0n) is 9.51. The van der Waals surface area contributed by atoms with Crippen molar-refractivity contribution < 1.29 is 4.74 Å². The van der Waals surface area contributed by atoms with Gasteiger partial charge in [0.15, 0.2) is 0 Å². The molecule has 1 rings (SSSR count). The number of hydrogen-bond donors (Lipinski definition) is 1. The van der Waals surface area contributed by atoms with Crippen LogP contribution >= 0.6 is 0 Å². The first-order chi connectivity index (χ1) is 6.58. The summed E-state index contributed by atoms with van der Waals surface area (Å²) < 4.78 is 5.81. The van der Waals surface area contributed by atoms with E-state index < -0.39 is 0 Å². The molecule has 0 amide bonds. The summed E-state index contributed by atoms with van der Waals surface area (Å²) in [6, 6.07) is 0.107. The number of ether oxygens (including phenoxy) is 1. The second-order valence-electron chi connectivity index (χ2n) is 4.53. The molecule has 1 fully saturated rings. The molecule has 14 heavy (non-hydrogen) atoms. The van der Waals surface area contributed by atoms with E-state index in [1.807, 2.05) is 0 Å². The second-order valence-corrected chi connectivity index (χ2v) is 4.53. The molecule has 0 saturated carbocycles. The molecule has 1 heterocycles. The second kappa shape index (κ2) is 4.94. The highest BCUT2D eigenvalue weighted by molar-refractivity contribution is 5.01. The van der Waals surface area contributed by atoms with Crippen LogP contribution in [0.3, 0.4) is 0 Å². The quantitative estimate of drug-likeness (QED) is 0.703. The van der Waals surface area contributed by atoms with Gasteiger partial charge in [0.05, 0.1) is 5.60 Å². The molecule has 82 valence electrons. The maximum Gasteiger partial charge on any atom is 0.0807 e. The lowest BCUT2D eigenvalue weighted by Crippen LogP contribution is -2.49. The smallest absolute Gasteiger partial charge is 0.0807 e. The van der Waals surface area contributed by atoms with Crippen LogP contribution in [0.1, 0.15) is 46.0 Å². The highest BCUT2D eigenvalue weighted by atomic mass is 16.5. The van der Waals surface area contributed by atoms with Crippen LogP contribution in [0.2, 0.25) is 0 Å². The molecule has 0 aromatic heterocycles. The highest BCUT2D eigenvalue weighted by Crippen LogP contribution is 2.29. The maximum atomic E-state index is 6.17. The fourth-order valence-electron chi connectivity index (χ4n) is 1.92. The maximum absolute atomic E-state index is 6.17. The Balaban J connectivity index is 2.48. The number of hydrogen-bond acceptors (Lipinski definition) is 2. The van der Waals surface area contributed by atoms with E-state index in [1.165, 1.54) is 18.4 Å². The minimum Gasteiger partial charge on any atom is -0.374 e. The van der Waals surface area contributed by atoms with E-state index in [4.69, 9.17) is 10.5 Å². The van der Waals surface area contributed by atoms with Gasteiger partial charge in [0.1, 0.15) is 0 Å². The van der Waals surface area contributed by atoms with E-state index in [2.05, 4.69) is 20.4 Å². The third kappa shape index (κ3) is 2.82. The topological polar surface area (TPSA) is 35.2 Å². The van der Waals surface area contributed by atoms with Crippen molar-refractivity contribution in [3.05, 3.63) is 12.2 Å². The molecule has 0 radical (unpaired) electrons. The van der Waals surface area contributed by atoms with Crippen LogP contribution in [0.25, 0.3) is 0 Å². The third-order valence-electron chi connectivity index (χ3n) is 3.29. The molecular weight excluding hydrogens is 174 g/mol. The van der Waals surface area contributed by atoms with E-state index >= 15 is 0 Å². The Bertz CT molecular complexity index is 194. The van der Waals surface area contributed by atoms with Gasteiger partial charge in [-0.3, -0.25) is 0 Å². The van der Waals surface area contributed by atoms with Crippen molar-refractivity contribution in [2.75, 3.05) is 6.61 Å². The van der Waals surface area contributed by atoms with E-state index in [0.29, 0.717) is 0 Å². The molecule has 2 N–H and O–H groups in total. The zero-order chi connectivity index (χ0) is 10.6. The lowest BCUT2D eigenvalue weighted by Gasteiger charge is -2.39. The van der Waals surface area contributed by atoms with E-state index in [-0.39, 0.29) is 11.6 Å². The molecule has 2 unspecified atom stereocenters. The van der Waals surface area contributed by atoms with Gasteiger partial charge in [-0.25, -0.2) is 0 Å². The molecule has 0 aromatic rings. The van der Waals surface area contributed by atoms with Gasteiger partial charge in [-0.15, -0.1) is 0 Å². The average Bonchev–Trinajstić information content (AvgIpc) is 2.18. The van der Waals surface area contributed by atoms with Crippen molar-refractivity contribution in [2.45, 2.75) is 57.6 Å². The Morgan fingerprint density at radius 1 is 1.57 bits per heavy atom. The van der Waals surface area contributed by atoms with Gasteiger partial charge in [-0.05, 0) is 39.0 Å². The van der Waals surface area contributed by atoms with Gasteiger partial charge in [0.2, 0.25) is 0 Å². The minimum absolute atomic E-state index is 0.107. The molecule has 2 atom stereocenters. The van der Waals surface area contributed by atoms with E-state index in [9.17, 15) is 0 Å². The molecule has 1 aliphatic heterocycles. The first-order valence-corrected chi connectivity index (χ1v) is 5.64. The zero-order valence-corrected chi connectivity index (χ0v) is 9.51. The molecule has 0 aliphatic carbocycles. The summed E-state index contributed by atoms with van der Waals surface area (Å²) in [4.78, 5) is 0. The summed E-state index contributed by atoms with van der Waals surface area (Å²) in [7, 11) is 0. The van der Waals surface area contributed by atoms with Crippen molar-refractivity contribution in [3.8, 4) is 0 Å². The first kappa shape index (κ1) is 11.7. The van der Waals surface area contributed by atoms with E-state index in [1.54, 1.807) is 0 Å². The Morgan fingerprint density at radius 2 is 2.29 bits per heavy atom. The predicted molar refractivity (Wildman–Crippen MR) is 60.2 cm³/mol. The average molecular weight is 197 g/mol. The fraction of sp³-hybridized carbons (Fsp3) is 0.833. The normalized spacial score (nSPS) is 29.9. The molecule has 2 nitrogen and oxygen atoms in total. The molecule has 2 heteroatoms. The van der Waals surface area contributed by atoms with Crippen LogP contribution in [-0.2, 0) is 4.74 Å². The van der Waals surface area contributed by atoms with Crippen LogP contribution in [0.5, 0.6) is 0 Å². The van der Waals surface area contributed by atoms with Crippen molar-refractivity contribution in [2.24, 2.45) is 5.73 Å². The molecule has 0 aromatic carbocycles. The molecule has 0 bridgehead atoms. The number of nitrogens with two attached hydrogens (primary N) is 1. The monoisotopic (exact) mass is 197 g/mol. The summed E-state index contributed by atoms with van der Waals surface area (Å²) in [6.45, 7) is 9.13. The Labute approximate surface area is 87.5 Å². The predicted octanol–water partition coefficient (Wildman–Crippen LogP) is 2.63. The van der Waals surface area contributed by atoms with Crippen LogP contribution < -0.4 is 5.73 Å². The Kier molecular flexibility index (Phi) is 4.14. The standard InChI is InChI=1S/C12H23NO/c1-4-10(2)9-11(13)12(3)7-5-6-8-14-12/h11H,2,4-9,13H2,1,3H3. The van der Waals surface area contributed by atoms with Crippen molar-refractivity contribution >= 4 is 0 Å². The van der Waals surface area contributed by atoms with Crippen molar-refractivity contribution in [1.82, 2.24) is 0 Å². The van der Waals surface area contributed by atoms with Crippen LogP contribution in [0, 0.1) is 0 Å². The van der Waals surface area contributed by atoms with Gasteiger partial charge in [-0.2, -0.15) is 0 Å². The molecular formula is C12H23NO. The third-order valence-corrected chi connectivity index (χ3v) is 3.29. The fourth-order valence-corrected chi connectivity index (χ4v) is 1.92. The molecule has 0 spiro atoms. The summed E-state index contributed by atoms with van der Waals surface area (Å²) >= 11 is 0. The van der Waals surface area contributed by atoms with Gasteiger partial charge < -0.3 is 10.5 Å². The van der Waals surface area contributed by atoms with Crippen LogP contribution in [0.4, 0.5) is 0 Å². The van der Waals surface area contributed by atoms with Gasteiger partial charge in [0, 0.05) is 12.6 Å². The lowest BCUT2D eigenvalue weighted by molar-refractivity contribution is -0.0808. The summed E-state index contributed by atoms with van der Waals surface area (Å²) in [5, 5.41) is 0. The summed E-state index contributed by atoms with van der Waals surface area (Å²) in [6.07, 6.45) is 5.42. The SMILES string of the molecule is C=C(CC)CC(N)C1(C)CCCCO1. The number of rotatable bonds is 4. The summed E-state index contributed by atoms with van der Waals surface area (Å²) in [5.41, 5.74) is 7.29. The van der Waals surface area contributed by atoms with Gasteiger partial charge >= 0.3 is 0 Å². The first-order valence-electron chi connectivity index (χ1n) is 5.64. The van der Waals surface area contributed by atoms with Crippen LogP contribution in [0.15, 0.2) is 12.2 Å². The van der Waals surface area contributed by atoms with E-state index in [0.717, 1.165) is 25.9 Å². The molecule has 1 aliphatic rings. The van der Waals surface area contributed by atoms with Crippen LogP contribution in [-0.4, -0.2) is 18.2 Å².